The molecule has 0 bridgehead atoms. The van der Waals surface area contributed by atoms with Crippen molar-refractivity contribution in [1.82, 2.24) is 5.32 Å². The van der Waals surface area contributed by atoms with Crippen LogP contribution in [-0.2, 0) is 11.2 Å². The number of carbonyl (C=O) groups is 1. The van der Waals surface area contributed by atoms with Crippen molar-refractivity contribution in [3.8, 4) is 0 Å². The predicted molar refractivity (Wildman–Crippen MR) is 109 cm³/mol. The second-order valence-electron chi connectivity index (χ2n) is 5.82. The summed E-state index contributed by atoms with van der Waals surface area (Å²) < 4.78 is 0. The first-order valence-corrected chi connectivity index (χ1v) is 8.94. The summed E-state index contributed by atoms with van der Waals surface area (Å²) in [5, 5.41) is 6.11. The lowest BCUT2D eigenvalue weighted by Gasteiger charge is -2.21. The van der Waals surface area contributed by atoms with Gasteiger partial charge >= 0.3 is 0 Å². The summed E-state index contributed by atoms with van der Waals surface area (Å²) in [6, 6.07) is 15.9. The first kappa shape index (κ1) is 18.9. The van der Waals surface area contributed by atoms with E-state index in [-0.39, 0.29) is 5.91 Å². The second-order valence-corrected chi connectivity index (χ2v) is 6.23. The third kappa shape index (κ3) is 5.57. The van der Waals surface area contributed by atoms with E-state index in [0.717, 1.165) is 29.9 Å². The van der Waals surface area contributed by atoms with Crippen LogP contribution in [0.15, 0.2) is 48.5 Å². The van der Waals surface area contributed by atoms with Crippen molar-refractivity contribution in [3.63, 3.8) is 0 Å². The molecule has 0 aromatic heterocycles. The van der Waals surface area contributed by atoms with E-state index in [2.05, 4.69) is 29.4 Å². The van der Waals surface area contributed by atoms with Crippen LogP contribution < -0.4 is 15.5 Å². The lowest BCUT2D eigenvalue weighted by Crippen LogP contribution is -2.35. The van der Waals surface area contributed by atoms with Gasteiger partial charge < -0.3 is 15.5 Å². The van der Waals surface area contributed by atoms with Crippen molar-refractivity contribution < 1.29 is 4.79 Å². The molecule has 1 amide bonds. The molecule has 0 aliphatic heterocycles. The van der Waals surface area contributed by atoms with Crippen LogP contribution in [-0.4, -0.2) is 24.1 Å². The lowest BCUT2D eigenvalue weighted by molar-refractivity contribution is -0.119. The zero-order valence-electron chi connectivity index (χ0n) is 15.0. The molecule has 5 heteroatoms. The van der Waals surface area contributed by atoms with Crippen molar-refractivity contribution in [3.05, 3.63) is 59.7 Å². The molecule has 0 saturated carbocycles. The predicted octanol–water partition coefficient (Wildman–Crippen LogP) is 3.90. The van der Waals surface area contributed by atoms with Crippen molar-refractivity contribution in [1.29, 1.82) is 0 Å². The van der Waals surface area contributed by atoms with Gasteiger partial charge in [-0.1, -0.05) is 24.3 Å². The maximum Gasteiger partial charge on any atom is 0.230 e. The Hall–Kier alpha value is -2.40. The third-order valence-electron chi connectivity index (χ3n) is 4.12. The average molecular weight is 356 g/mol. The molecule has 0 unspecified atom stereocenters. The van der Waals surface area contributed by atoms with E-state index in [1.54, 1.807) is 0 Å². The van der Waals surface area contributed by atoms with Gasteiger partial charge in [-0.3, -0.25) is 4.79 Å². The second kappa shape index (κ2) is 9.18. The van der Waals surface area contributed by atoms with E-state index >= 15 is 0 Å². The number of anilines is 2. The molecule has 0 atom stereocenters. The summed E-state index contributed by atoms with van der Waals surface area (Å²) in [4.78, 5) is 14.4. The largest absolute Gasteiger partial charge is 0.372 e. The average Bonchev–Trinajstić information content (AvgIpc) is 2.59. The molecule has 0 radical (unpaired) electrons. The SMILES string of the molecule is CCN(CC)c1ccc(NC(=S)NC(=O)Cc2ccccc2C)cc1. The van der Waals surface area contributed by atoms with Gasteiger partial charge in [0.2, 0.25) is 5.91 Å². The molecule has 2 aromatic carbocycles. The van der Waals surface area contributed by atoms with Crippen LogP contribution in [0, 0.1) is 6.92 Å². The van der Waals surface area contributed by atoms with E-state index in [1.807, 2.05) is 55.5 Å². The monoisotopic (exact) mass is 355 g/mol. The molecular weight excluding hydrogens is 330 g/mol. The van der Waals surface area contributed by atoms with Crippen LogP contribution >= 0.6 is 12.2 Å². The standard InChI is InChI=1S/C20H25N3OS/c1-4-23(5-2)18-12-10-17(11-13-18)21-20(25)22-19(24)14-16-9-7-6-8-15(16)3/h6-13H,4-5,14H2,1-3H3,(H2,21,22,24,25). The number of hydrogen-bond acceptors (Lipinski definition) is 3. The minimum atomic E-state index is -0.119. The Labute approximate surface area is 155 Å². The molecule has 0 spiro atoms. The smallest absolute Gasteiger partial charge is 0.230 e. The van der Waals surface area contributed by atoms with Gasteiger partial charge in [0, 0.05) is 24.5 Å². The van der Waals surface area contributed by atoms with Gasteiger partial charge in [0.25, 0.3) is 0 Å². The Balaban J connectivity index is 1.89. The van der Waals surface area contributed by atoms with Crippen molar-refractivity contribution >= 4 is 34.6 Å². The summed E-state index contributed by atoms with van der Waals surface area (Å²) in [6.07, 6.45) is 0.315. The Morgan fingerprint density at radius 3 is 2.28 bits per heavy atom. The summed E-state index contributed by atoms with van der Waals surface area (Å²) in [5.74, 6) is -0.119. The van der Waals surface area contributed by atoms with Gasteiger partial charge in [-0.05, 0) is 68.4 Å². The van der Waals surface area contributed by atoms with Crippen molar-refractivity contribution in [2.24, 2.45) is 0 Å². The lowest BCUT2D eigenvalue weighted by atomic mass is 10.1. The molecule has 0 heterocycles. The fraction of sp³-hybridized carbons (Fsp3) is 0.300. The molecule has 2 N–H and O–H groups in total. The third-order valence-corrected chi connectivity index (χ3v) is 4.32. The zero-order chi connectivity index (χ0) is 18.2. The highest BCUT2D eigenvalue weighted by Gasteiger charge is 2.08. The van der Waals surface area contributed by atoms with Crippen molar-refractivity contribution in [2.45, 2.75) is 27.2 Å². The maximum absolute atomic E-state index is 12.1. The van der Waals surface area contributed by atoms with Gasteiger partial charge in [0.15, 0.2) is 5.11 Å². The van der Waals surface area contributed by atoms with Crippen LogP contribution in [0.25, 0.3) is 0 Å². The van der Waals surface area contributed by atoms with Crippen LogP contribution in [0.4, 0.5) is 11.4 Å². The van der Waals surface area contributed by atoms with Gasteiger partial charge in [0.1, 0.15) is 0 Å². The number of nitrogens with one attached hydrogen (secondary N) is 2. The zero-order valence-corrected chi connectivity index (χ0v) is 15.8. The minimum absolute atomic E-state index is 0.119. The Morgan fingerprint density at radius 1 is 1.04 bits per heavy atom. The molecule has 25 heavy (non-hydrogen) atoms. The van der Waals surface area contributed by atoms with Crippen LogP contribution in [0.5, 0.6) is 0 Å². The number of rotatable bonds is 6. The Morgan fingerprint density at radius 2 is 1.68 bits per heavy atom. The van der Waals surface area contributed by atoms with E-state index in [4.69, 9.17) is 12.2 Å². The molecule has 0 saturated heterocycles. The molecule has 0 aliphatic rings. The maximum atomic E-state index is 12.1. The number of carbonyl (C=O) groups excluding carboxylic acids is 1. The molecule has 0 aliphatic carbocycles. The highest BCUT2D eigenvalue weighted by molar-refractivity contribution is 7.80. The van der Waals surface area contributed by atoms with E-state index in [1.165, 1.54) is 5.69 Å². The summed E-state index contributed by atoms with van der Waals surface area (Å²) in [7, 11) is 0. The Kier molecular flexibility index (Phi) is 6.95. The van der Waals surface area contributed by atoms with E-state index in [0.29, 0.717) is 11.5 Å². The van der Waals surface area contributed by atoms with Crippen molar-refractivity contribution in [2.75, 3.05) is 23.3 Å². The summed E-state index contributed by atoms with van der Waals surface area (Å²) in [6.45, 7) is 8.20. The number of thiocarbonyl (C=S) groups is 1. The van der Waals surface area contributed by atoms with Crippen LogP contribution in [0.2, 0.25) is 0 Å². The number of hydrogen-bond donors (Lipinski definition) is 2. The number of aryl methyl sites for hydroxylation is 1. The van der Waals surface area contributed by atoms with Crippen LogP contribution in [0.1, 0.15) is 25.0 Å². The van der Waals surface area contributed by atoms with E-state index in [9.17, 15) is 4.79 Å². The normalized spacial score (nSPS) is 10.2. The fourth-order valence-corrected chi connectivity index (χ4v) is 2.89. The summed E-state index contributed by atoms with van der Waals surface area (Å²) >= 11 is 5.24. The molecular formula is C20H25N3OS. The Bertz CT molecular complexity index is 724. The van der Waals surface area contributed by atoms with E-state index < -0.39 is 0 Å². The molecule has 4 nitrogen and oxygen atoms in total. The molecule has 0 fully saturated rings. The topological polar surface area (TPSA) is 44.4 Å². The quantitative estimate of drug-likeness (QED) is 0.772. The summed E-state index contributed by atoms with van der Waals surface area (Å²) in [5.41, 5.74) is 4.14. The highest BCUT2D eigenvalue weighted by atomic mass is 32.1. The number of amides is 1. The first-order chi connectivity index (χ1) is 12.0. The van der Waals surface area contributed by atoms with Gasteiger partial charge in [-0.2, -0.15) is 0 Å². The number of nitrogens with zero attached hydrogens (tertiary/aromatic N) is 1. The highest BCUT2D eigenvalue weighted by Crippen LogP contribution is 2.17. The molecule has 2 aromatic rings. The fourth-order valence-electron chi connectivity index (χ4n) is 2.66. The number of benzene rings is 2. The van der Waals surface area contributed by atoms with Gasteiger partial charge in [0.05, 0.1) is 6.42 Å². The first-order valence-electron chi connectivity index (χ1n) is 8.53. The molecule has 132 valence electrons. The molecule has 2 rings (SSSR count). The van der Waals surface area contributed by atoms with Gasteiger partial charge in [-0.25, -0.2) is 0 Å². The minimum Gasteiger partial charge on any atom is -0.372 e. The van der Waals surface area contributed by atoms with Gasteiger partial charge in [-0.15, -0.1) is 0 Å². The van der Waals surface area contributed by atoms with Crippen LogP contribution in [0.3, 0.4) is 0 Å².